The molecule has 31 heavy (non-hydrogen) atoms. The first-order chi connectivity index (χ1) is 14.9. The zero-order valence-corrected chi connectivity index (χ0v) is 16.8. The summed E-state index contributed by atoms with van der Waals surface area (Å²) < 4.78 is 32.9. The number of pyridine rings is 1. The van der Waals surface area contributed by atoms with Gasteiger partial charge in [-0.1, -0.05) is 0 Å². The van der Waals surface area contributed by atoms with Gasteiger partial charge in [0.05, 0.1) is 23.0 Å². The number of likely N-dealkylation sites (tertiary alicyclic amines) is 1. The van der Waals surface area contributed by atoms with Crippen molar-refractivity contribution in [2.75, 3.05) is 20.1 Å². The molecule has 0 saturated carbocycles. The predicted molar refractivity (Wildman–Crippen MR) is 116 cm³/mol. The van der Waals surface area contributed by atoms with Gasteiger partial charge in [0.15, 0.2) is 11.6 Å². The normalized spacial score (nSPS) is 17.6. The van der Waals surface area contributed by atoms with Crippen molar-refractivity contribution in [3.63, 3.8) is 0 Å². The summed E-state index contributed by atoms with van der Waals surface area (Å²) >= 11 is 0. The number of hydrogen-bond donors (Lipinski definition) is 2. The molecule has 0 aliphatic carbocycles. The van der Waals surface area contributed by atoms with E-state index in [4.69, 9.17) is 10.6 Å². The molecule has 1 aromatic heterocycles. The Morgan fingerprint density at radius 1 is 1.23 bits per heavy atom. The van der Waals surface area contributed by atoms with E-state index < -0.39 is 17.2 Å². The van der Waals surface area contributed by atoms with Crippen LogP contribution < -0.4 is 16.1 Å². The van der Waals surface area contributed by atoms with E-state index in [-0.39, 0.29) is 22.9 Å². The quantitative estimate of drug-likeness (QED) is 0.373. The highest BCUT2D eigenvalue weighted by atomic mass is 19.2. The summed E-state index contributed by atoms with van der Waals surface area (Å²) in [4.78, 5) is 21.4. The van der Waals surface area contributed by atoms with E-state index >= 15 is 0 Å². The molecule has 160 valence electrons. The smallest absolute Gasteiger partial charge is 0.258 e. The Hall–Kier alpha value is -3.59. The predicted octanol–water partition coefficient (Wildman–Crippen LogP) is 2.95. The number of likely N-dealkylation sites (N-methyl/N-ethyl adjacent to an activating group) is 1. The van der Waals surface area contributed by atoms with Crippen LogP contribution >= 0.6 is 0 Å². The molecule has 1 saturated heterocycles. The lowest BCUT2D eigenvalue weighted by molar-refractivity contribution is 0.208. The zero-order chi connectivity index (χ0) is 22.0. The molecule has 1 aliphatic rings. The summed E-state index contributed by atoms with van der Waals surface area (Å²) in [5.41, 5.74) is 0.434. The van der Waals surface area contributed by atoms with Gasteiger partial charge in [-0.2, -0.15) is 5.10 Å². The average molecular weight is 425 g/mol. The number of hydrogen-bond acceptors (Lipinski definition) is 6. The molecule has 3 N–H and O–H groups in total. The number of aromatic amines is 1. The van der Waals surface area contributed by atoms with Crippen molar-refractivity contribution in [2.45, 2.75) is 12.5 Å². The molecule has 3 aromatic rings. The molecule has 2 aromatic carbocycles. The molecule has 2 heterocycles. The molecule has 0 bridgehead atoms. The van der Waals surface area contributed by atoms with Gasteiger partial charge in [0, 0.05) is 24.5 Å². The average Bonchev–Trinajstić information content (AvgIpc) is 3.16. The van der Waals surface area contributed by atoms with Crippen LogP contribution in [-0.4, -0.2) is 48.1 Å². The largest absolute Gasteiger partial charge is 0.489 e. The van der Waals surface area contributed by atoms with Crippen molar-refractivity contribution in [3.8, 4) is 5.75 Å². The van der Waals surface area contributed by atoms with Crippen LogP contribution in [0.4, 0.5) is 14.5 Å². The van der Waals surface area contributed by atoms with Gasteiger partial charge in [-0.3, -0.25) is 9.79 Å². The highest BCUT2D eigenvalue weighted by molar-refractivity contribution is 6.38. The SMILES string of the molecule is CN1CC[C@H](Oc2ccc(N=CC(=NN)c3cc4cc(F)c(F)cc4[nH]c3=O)cc2)C1. The van der Waals surface area contributed by atoms with Crippen LogP contribution in [0.25, 0.3) is 10.9 Å². The highest BCUT2D eigenvalue weighted by Gasteiger charge is 2.20. The molecule has 1 aliphatic heterocycles. The molecule has 7 nitrogen and oxygen atoms in total. The molecule has 0 unspecified atom stereocenters. The molecular weight excluding hydrogens is 404 g/mol. The van der Waals surface area contributed by atoms with Crippen molar-refractivity contribution in [1.29, 1.82) is 0 Å². The standard InChI is InChI=1S/C22H21F2N5O2/c1-29-7-6-16(12-29)31-15-4-2-14(3-5-15)26-11-21(28-25)17-8-13-9-18(23)19(24)10-20(13)27-22(17)30/h2-5,8-11,16H,6-7,12,25H2,1H3,(H,27,30)/t16-/m0/s1. The summed E-state index contributed by atoms with van der Waals surface area (Å²) in [6, 6.07) is 10.5. The molecule has 1 atom stereocenters. The number of halogens is 2. The minimum Gasteiger partial charge on any atom is -0.489 e. The minimum atomic E-state index is -1.04. The lowest BCUT2D eigenvalue weighted by Gasteiger charge is -2.13. The third-order valence-corrected chi connectivity index (χ3v) is 5.12. The lowest BCUT2D eigenvalue weighted by Crippen LogP contribution is -2.21. The molecular formula is C22H21F2N5O2. The van der Waals surface area contributed by atoms with Crippen molar-refractivity contribution in [1.82, 2.24) is 9.88 Å². The second-order valence-electron chi connectivity index (χ2n) is 7.42. The number of hydrazone groups is 1. The van der Waals surface area contributed by atoms with Crippen molar-refractivity contribution in [3.05, 3.63) is 70.0 Å². The zero-order valence-electron chi connectivity index (χ0n) is 16.8. The Morgan fingerprint density at radius 3 is 2.65 bits per heavy atom. The van der Waals surface area contributed by atoms with Crippen molar-refractivity contribution >= 4 is 28.5 Å². The number of nitrogens with one attached hydrogen (secondary N) is 1. The Morgan fingerprint density at radius 2 is 1.97 bits per heavy atom. The summed E-state index contributed by atoms with van der Waals surface area (Å²) in [5.74, 6) is 4.14. The van der Waals surface area contributed by atoms with Gasteiger partial charge >= 0.3 is 0 Å². The minimum absolute atomic E-state index is 0.0927. The number of nitrogens with zero attached hydrogens (tertiary/aromatic N) is 3. The fourth-order valence-corrected chi connectivity index (χ4v) is 3.49. The van der Waals surface area contributed by atoms with Crippen LogP contribution in [0.5, 0.6) is 5.75 Å². The molecule has 0 spiro atoms. The summed E-state index contributed by atoms with van der Waals surface area (Å²) in [5, 5.41) is 3.93. The first-order valence-corrected chi connectivity index (χ1v) is 9.72. The van der Waals surface area contributed by atoms with Gasteiger partial charge in [0.1, 0.15) is 17.6 Å². The number of aliphatic imine (C=N–C) groups is 1. The Bertz CT molecular complexity index is 1220. The van der Waals surface area contributed by atoms with Crippen LogP contribution in [0, 0.1) is 11.6 Å². The maximum Gasteiger partial charge on any atom is 0.258 e. The molecule has 4 rings (SSSR count). The summed E-state index contributed by atoms with van der Waals surface area (Å²) in [6.45, 7) is 1.91. The number of rotatable bonds is 5. The first kappa shape index (κ1) is 20.7. The number of ether oxygens (including phenoxy) is 1. The Kier molecular flexibility index (Phi) is 5.77. The van der Waals surface area contributed by atoms with Crippen molar-refractivity contribution < 1.29 is 13.5 Å². The summed E-state index contributed by atoms with van der Waals surface area (Å²) in [7, 11) is 2.06. The number of aromatic nitrogens is 1. The van der Waals surface area contributed by atoms with E-state index in [1.165, 1.54) is 12.3 Å². The number of fused-ring (bicyclic) bond motifs is 1. The molecule has 9 heteroatoms. The van der Waals surface area contributed by atoms with Gasteiger partial charge in [0.25, 0.3) is 5.56 Å². The maximum absolute atomic E-state index is 13.6. The third kappa shape index (κ3) is 4.61. The Balaban J connectivity index is 1.53. The topological polar surface area (TPSA) is 96.1 Å². The van der Waals surface area contributed by atoms with Crippen LogP contribution in [0.2, 0.25) is 0 Å². The van der Waals surface area contributed by atoms with Crippen LogP contribution in [0.15, 0.2) is 57.4 Å². The maximum atomic E-state index is 13.6. The van der Waals surface area contributed by atoms with Gasteiger partial charge in [-0.05, 0) is 49.9 Å². The van der Waals surface area contributed by atoms with Gasteiger partial charge in [0.2, 0.25) is 0 Å². The van der Waals surface area contributed by atoms with Crippen molar-refractivity contribution in [2.24, 2.45) is 15.9 Å². The third-order valence-electron chi connectivity index (χ3n) is 5.12. The van der Waals surface area contributed by atoms with E-state index in [0.29, 0.717) is 11.1 Å². The van der Waals surface area contributed by atoms with Gasteiger partial charge in [-0.25, -0.2) is 8.78 Å². The van der Waals surface area contributed by atoms with E-state index in [2.05, 4.69) is 27.0 Å². The number of benzene rings is 2. The fraction of sp³-hybridized carbons (Fsp3) is 0.227. The number of nitrogens with two attached hydrogens (primary N) is 1. The Labute approximate surface area is 176 Å². The highest BCUT2D eigenvalue weighted by Crippen LogP contribution is 2.22. The number of H-pyrrole nitrogens is 1. The van der Waals surface area contributed by atoms with E-state index in [1.54, 1.807) is 12.1 Å². The first-order valence-electron chi connectivity index (χ1n) is 9.72. The molecule has 1 fully saturated rings. The lowest BCUT2D eigenvalue weighted by atomic mass is 10.1. The van der Waals surface area contributed by atoms with Crippen LogP contribution in [0.3, 0.4) is 0 Å². The molecule has 0 radical (unpaired) electrons. The van der Waals surface area contributed by atoms with Gasteiger partial charge in [-0.15, -0.1) is 0 Å². The van der Waals surface area contributed by atoms with E-state index in [1.807, 2.05) is 12.1 Å². The summed E-state index contributed by atoms with van der Waals surface area (Å²) in [6.07, 6.45) is 2.51. The molecule has 0 amide bonds. The second kappa shape index (κ2) is 8.65. The second-order valence-corrected chi connectivity index (χ2v) is 7.42. The monoisotopic (exact) mass is 425 g/mol. The van der Waals surface area contributed by atoms with Crippen LogP contribution in [0.1, 0.15) is 12.0 Å². The van der Waals surface area contributed by atoms with Crippen LogP contribution in [-0.2, 0) is 0 Å². The van der Waals surface area contributed by atoms with E-state index in [9.17, 15) is 13.6 Å². The van der Waals surface area contributed by atoms with Gasteiger partial charge < -0.3 is 20.5 Å². The fourth-order valence-electron chi connectivity index (χ4n) is 3.49. The van der Waals surface area contributed by atoms with E-state index in [0.717, 1.165) is 37.4 Å².